The normalized spacial score (nSPS) is 13.0. The van der Waals surface area contributed by atoms with E-state index in [2.05, 4.69) is 5.32 Å². The summed E-state index contributed by atoms with van der Waals surface area (Å²) in [5.74, 6) is -2.13. The third-order valence-corrected chi connectivity index (χ3v) is 6.84. The second kappa shape index (κ2) is 10.7. The molecule has 0 aliphatic rings. The Morgan fingerprint density at radius 2 is 1.88 bits per heavy atom. The molecule has 1 amide bonds. The molecule has 0 spiro atoms. The van der Waals surface area contributed by atoms with E-state index in [4.69, 9.17) is 5.26 Å². The van der Waals surface area contributed by atoms with Gasteiger partial charge in [0.15, 0.2) is 0 Å². The van der Waals surface area contributed by atoms with Gasteiger partial charge in [0, 0.05) is 25.6 Å². The Morgan fingerprint density at radius 3 is 2.39 bits per heavy atom. The number of amides is 1. The zero-order chi connectivity index (χ0) is 24.8. The lowest BCUT2D eigenvalue weighted by Gasteiger charge is -2.27. The monoisotopic (exact) mass is 474 g/mol. The number of hydrogen-bond donors (Lipinski definition) is 2. The minimum atomic E-state index is -4.20. The number of carboxylic acids is 1. The lowest BCUT2D eigenvalue weighted by molar-refractivity contribution is -0.384. The van der Waals surface area contributed by atoms with E-state index in [1.54, 1.807) is 25.1 Å². The number of rotatable bonds is 10. The summed E-state index contributed by atoms with van der Waals surface area (Å²) in [6, 6.07) is 9.86. The van der Waals surface area contributed by atoms with E-state index in [-0.39, 0.29) is 23.4 Å². The Bertz CT molecular complexity index is 1190. The van der Waals surface area contributed by atoms with Crippen molar-refractivity contribution in [2.45, 2.75) is 36.7 Å². The summed E-state index contributed by atoms with van der Waals surface area (Å²) in [4.78, 5) is 34.4. The summed E-state index contributed by atoms with van der Waals surface area (Å²) < 4.78 is 26.7. The molecule has 174 valence electrons. The third-order valence-electron chi connectivity index (χ3n) is 4.96. The maximum absolute atomic E-state index is 12.9. The summed E-state index contributed by atoms with van der Waals surface area (Å²) in [6.07, 6.45) is -0.0589. The number of sulfonamides is 1. The Hall–Kier alpha value is -3.82. The Labute approximate surface area is 190 Å². The van der Waals surface area contributed by atoms with Crippen molar-refractivity contribution in [2.24, 2.45) is 0 Å². The van der Waals surface area contributed by atoms with Gasteiger partial charge in [-0.2, -0.15) is 9.57 Å². The van der Waals surface area contributed by atoms with Gasteiger partial charge in [0.05, 0.1) is 21.5 Å². The quantitative estimate of drug-likeness (QED) is 0.387. The van der Waals surface area contributed by atoms with Crippen LogP contribution in [0.4, 0.5) is 5.69 Å². The van der Waals surface area contributed by atoms with Gasteiger partial charge in [-0.15, -0.1) is 0 Å². The van der Waals surface area contributed by atoms with Crippen LogP contribution in [-0.4, -0.2) is 53.8 Å². The van der Waals surface area contributed by atoms with Gasteiger partial charge in [-0.05, 0) is 36.2 Å². The van der Waals surface area contributed by atoms with Gasteiger partial charge in [0.2, 0.25) is 15.9 Å². The molecule has 2 atom stereocenters. The number of likely N-dealkylation sites (N-methyl/N-ethyl adjacent to an activating group) is 1. The predicted molar refractivity (Wildman–Crippen MR) is 117 cm³/mol. The maximum atomic E-state index is 12.9. The number of non-ortho nitro benzene ring substituents is 1. The zero-order valence-corrected chi connectivity index (χ0v) is 18.7. The van der Waals surface area contributed by atoms with Crippen LogP contribution >= 0.6 is 0 Å². The fourth-order valence-corrected chi connectivity index (χ4v) is 4.55. The molecule has 2 N–H and O–H groups in total. The first-order chi connectivity index (χ1) is 15.5. The van der Waals surface area contributed by atoms with Crippen LogP contribution in [0.1, 0.15) is 24.5 Å². The van der Waals surface area contributed by atoms with Gasteiger partial charge < -0.3 is 10.4 Å². The fourth-order valence-electron chi connectivity index (χ4n) is 3.15. The summed E-state index contributed by atoms with van der Waals surface area (Å²) in [5, 5.41) is 31.7. The second-order valence-electron chi connectivity index (χ2n) is 7.11. The number of nitrogens with zero attached hydrogens (tertiary/aromatic N) is 3. The molecule has 0 fully saturated rings. The molecule has 33 heavy (non-hydrogen) atoms. The smallest absolute Gasteiger partial charge is 0.326 e. The highest BCUT2D eigenvalue weighted by atomic mass is 32.2. The number of nitrogens with one attached hydrogen (secondary N) is 1. The molecule has 2 rings (SSSR count). The molecule has 11 nitrogen and oxygen atoms in total. The second-order valence-corrected chi connectivity index (χ2v) is 9.11. The molecule has 12 heteroatoms. The van der Waals surface area contributed by atoms with Gasteiger partial charge in [-0.1, -0.05) is 19.1 Å². The van der Waals surface area contributed by atoms with Crippen molar-refractivity contribution in [1.82, 2.24) is 9.62 Å². The van der Waals surface area contributed by atoms with E-state index < -0.39 is 38.9 Å². The van der Waals surface area contributed by atoms with Crippen LogP contribution in [0, 0.1) is 21.4 Å². The molecule has 0 aliphatic heterocycles. The minimum Gasteiger partial charge on any atom is -0.480 e. The highest BCUT2D eigenvalue weighted by molar-refractivity contribution is 7.89. The van der Waals surface area contributed by atoms with Crippen molar-refractivity contribution < 1.29 is 28.0 Å². The number of carbonyl (C=O) groups is 2. The van der Waals surface area contributed by atoms with E-state index >= 15 is 0 Å². The maximum Gasteiger partial charge on any atom is 0.326 e. The number of carbonyl (C=O) groups excluding carboxylic acids is 1. The number of nitro groups is 1. The van der Waals surface area contributed by atoms with Gasteiger partial charge in [0.25, 0.3) is 5.69 Å². The molecule has 0 saturated carbocycles. The summed E-state index contributed by atoms with van der Waals surface area (Å²) in [5.41, 5.74) is 0.566. The predicted octanol–water partition coefficient (Wildman–Crippen LogP) is 1.68. The van der Waals surface area contributed by atoms with Crippen molar-refractivity contribution in [3.8, 4) is 6.07 Å². The summed E-state index contributed by atoms with van der Waals surface area (Å²) in [7, 11) is -3.02. The van der Waals surface area contributed by atoms with Crippen molar-refractivity contribution in [2.75, 3.05) is 7.05 Å². The number of aliphatic carboxylic acids is 1. The highest BCUT2D eigenvalue weighted by Crippen LogP contribution is 2.21. The van der Waals surface area contributed by atoms with E-state index in [1.807, 2.05) is 6.07 Å². The van der Waals surface area contributed by atoms with Crippen molar-refractivity contribution in [1.29, 1.82) is 5.26 Å². The lowest BCUT2D eigenvalue weighted by Crippen LogP contribution is -2.52. The summed E-state index contributed by atoms with van der Waals surface area (Å²) in [6.45, 7) is 1.57. The molecule has 0 heterocycles. The van der Waals surface area contributed by atoms with Crippen LogP contribution in [0.25, 0.3) is 0 Å². The SMILES string of the molecule is CC[C@@H](C(=O)N[C@@H](Cc1cccc(C#N)c1)C(=O)O)N(C)S(=O)(=O)c1ccc([N+](=O)[O-])cc1. The molecule has 2 aromatic rings. The van der Waals surface area contributed by atoms with Crippen LogP contribution in [-0.2, 0) is 26.0 Å². The van der Waals surface area contributed by atoms with Gasteiger partial charge >= 0.3 is 5.97 Å². The van der Waals surface area contributed by atoms with Gasteiger partial charge in [-0.25, -0.2) is 13.2 Å². The van der Waals surface area contributed by atoms with Crippen molar-refractivity contribution in [3.63, 3.8) is 0 Å². The van der Waals surface area contributed by atoms with Crippen LogP contribution in [0.5, 0.6) is 0 Å². The first-order valence-corrected chi connectivity index (χ1v) is 11.2. The molecule has 2 aromatic carbocycles. The molecular weight excluding hydrogens is 452 g/mol. The first-order valence-electron chi connectivity index (χ1n) is 9.76. The lowest BCUT2D eigenvalue weighted by atomic mass is 10.0. The average Bonchev–Trinajstić information content (AvgIpc) is 2.79. The molecule has 0 unspecified atom stereocenters. The fraction of sp³-hybridized carbons (Fsp3) is 0.286. The van der Waals surface area contributed by atoms with Gasteiger partial charge in [-0.3, -0.25) is 14.9 Å². The Morgan fingerprint density at radius 1 is 1.24 bits per heavy atom. The zero-order valence-electron chi connectivity index (χ0n) is 17.8. The standard InChI is InChI=1S/C21H22N4O7S/c1-3-19(24(2)33(31,32)17-9-7-16(8-10-17)25(29)30)20(26)23-18(21(27)28)12-14-5-4-6-15(11-14)13-22/h4-11,18-19H,3,12H2,1-2H3,(H,23,26)(H,27,28)/t18-,19-/m0/s1. The van der Waals surface area contributed by atoms with Crippen LogP contribution in [0.3, 0.4) is 0 Å². The van der Waals surface area contributed by atoms with Gasteiger partial charge in [0.1, 0.15) is 12.1 Å². The number of benzene rings is 2. The molecule has 0 saturated heterocycles. The van der Waals surface area contributed by atoms with Crippen LogP contribution in [0.15, 0.2) is 53.4 Å². The molecule has 0 radical (unpaired) electrons. The Balaban J connectivity index is 2.22. The van der Waals surface area contributed by atoms with Crippen molar-refractivity contribution >= 4 is 27.6 Å². The minimum absolute atomic E-state index is 0.0464. The van der Waals surface area contributed by atoms with Crippen molar-refractivity contribution in [3.05, 3.63) is 69.8 Å². The number of nitriles is 1. The van der Waals surface area contributed by atoms with E-state index in [1.165, 1.54) is 13.1 Å². The largest absolute Gasteiger partial charge is 0.480 e. The number of nitro benzene ring substituents is 1. The van der Waals surface area contributed by atoms with E-state index in [9.17, 15) is 33.2 Å². The van der Waals surface area contributed by atoms with E-state index in [0.29, 0.717) is 11.1 Å². The topological polar surface area (TPSA) is 171 Å². The molecule has 0 aromatic heterocycles. The molecular formula is C21H22N4O7S. The molecule has 0 aliphatic carbocycles. The van der Waals surface area contributed by atoms with Crippen LogP contribution < -0.4 is 5.32 Å². The number of carboxylic acid groups (broad SMARTS) is 1. The average molecular weight is 474 g/mol. The highest BCUT2D eigenvalue weighted by Gasteiger charge is 2.34. The van der Waals surface area contributed by atoms with E-state index in [0.717, 1.165) is 28.6 Å². The van der Waals surface area contributed by atoms with Crippen LogP contribution in [0.2, 0.25) is 0 Å². The first kappa shape index (κ1) is 25.4. The third kappa shape index (κ3) is 6.12. The number of hydrogen-bond acceptors (Lipinski definition) is 7. The summed E-state index contributed by atoms with van der Waals surface area (Å²) >= 11 is 0. The molecule has 0 bridgehead atoms. The Kier molecular flexibility index (Phi) is 8.22.